The van der Waals surface area contributed by atoms with Crippen LogP contribution in [0, 0.1) is 0 Å². The lowest BCUT2D eigenvalue weighted by molar-refractivity contribution is -0.137. The molecular weight excluding hydrogens is 323 g/mol. The largest absolute Gasteiger partial charge is 0.416 e. The van der Waals surface area contributed by atoms with Crippen LogP contribution < -0.4 is 5.32 Å². The number of carbonyl (C=O) groups is 2. The van der Waals surface area contributed by atoms with Crippen molar-refractivity contribution in [3.63, 3.8) is 0 Å². The molecule has 132 valence electrons. The number of hydrogen-bond acceptors (Lipinski definition) is 2. The van der Waals surface area contributed by atoms with Crippen molar-refractivity contribution in [2.75, 3.05) is 26.2 Å². The van der Waals surface area contributed by atoms with Gasteiger partial charge in [0.05, 0.1) is 5.56 Å². The van der Waals surface area contributed by atoms with E-state index in [2.05, 4.69) is 5.32 Å². The zero-order chi connectivity index (χ0) is 17.9. The molecule has 0 radical (unpaired) electrons. The number of alkyl halides is 3. The van der Waals surface area contributed by atoms with Gasteiger partial charge in [0, 0.05) is 37.8 Å². The third-order valence-corrected chi connectivity index (χ3v) is 3.73. The van der Waals surface area contributed by atoms with Crippen LogP contribution in [0.4, 0.5) is 18.0 Å². The molecule has 1 aromatic rings. The minimum Gasteiger partial charge on any atom is -0.336 e. The summed E-state index contributed by atoms with van der Waals surface area (Å²) in [6.07, 6.45) is -4.42. The van der Waals surface area contributed by atoms with Gasteiger partial charge in [-0.1, -0.05) is 0 Å². The summed E-state index contributed by atoms with van der Waals surface area (Å²) in [6.45, 7) is 5.22. The lowest BCUT2D eigenvalue weighted by Gasteiger charge is -2.35. The van der Waals surface area contributed by atoms with E-state index in [0.717, 1.165) is 12.1 Å². The van der Waals surface area contributed by atoms with Gasteiger partial charge < -0.3 is 15.1 Å². The third kappa shape index (κ3) is 4.39. The average Bonchev–Trinajstić information content (AvgIpc) is 2.53. The number of amides is 3. The summed E-state index contributed by atoms with van der Waals surface area (Å²) in [4.78, 5) is 27.4. The van der Waals surface area contributed by atoms with E-state index in [1.54, 1.807) is 9.80 Å². The van der Waals surface area contributed by atoms with Crippen LogP contribution in [0.3, 0.4) is 0 Å². The van der Waals surface area contributed by atoms with Gasteiger partial charge in [-0.3, -0.25) is 4.79 Å². The van der Waals surface area contributed by atoms with Crippen molar-refractivity contribution in [2.45, 2.75) is 26.1 Å². The standard InChI is InChI=1S/C16H20F3N3O2/c1-11(2)20-15(24)22-9-7-21(8-10-22)14(23)12-3-5-13(6-4-12)16(17,18)19/h3-6,11H,7-10H2,1-2H3,(H,20,24). The van der Waals surface area contributed by atoms with Crippen LogP contribution >= 0.6 is 0 Å². The number of carbonyl (C=O) groups excluding carboxylic acids is 2. The Bertz CT molecular complexity index is 592. The fourth-order valence-corrected chi connectivity index (χ4v) is 2.44. The summed E-state index contributed by atoms with van der Waals surface area (Å²) in [5.41, 5.74) is -0.572. The maximum absolute atomic E-state index is 12.5. The van der Waals surface area contributed by atoms with Gasteiger partial charge in [0.25, 0.3) is 5.91 Å². The van der Waals surface area contributed by atoms with Crippen LogP contribution in [0.5, 0.6) is 0 Å². The monoisotopic (exact) mass is 343 g/mol. The molecule has 0 bridgehead atoms. The first-order chi connectivity index (χ1) is 11.2. The Hall–Kier alpha value is -2.25. The van der Waals surface area contributed by atoms with Gasteiger partial charge in [0.15, 0.2) is 0 Å². The molecule has 0 spiro atoms. The van der Waals surface area contributed by atoms with Gasteiger partial charge in [0.1, 0.15) is 0 Å². The fourth-order valence-electron chi connectivity index (χ4n) is 2.44. The van der Waals surface area contributed by atoms with E-state index < -0.39 is 11.7 Å². The molecule has 1 heterocycles. The van der Waals surface area contributed by atoms with Crippen LogP contribution in [-0.4, -0.2) is 54.0 Å². The number of nitrogens with one attached hydrogen (secondary N) is 1. The topological polar surface area (TPSA) is 52.7 Å². The second-order valence-electron chi connectivity index (χ2n) is 5.96. The maximum atomic E-state index is 12.5. The van der Waals surface area contributed by atoms with Crippen molar-refractivity contribution in [2.24, 2.45) is 0 Å². The van der Waals surface area contributed by atoms with Crippen molar-refractivity contribution < 1.29 is 22.8 Å². The van der Waals surface area contributed by atoms with E-state index in [4.69, 9.17) is 0 Å². The number of nitrogens with zero attached hydrogens (tertiary/aromatic N) is 2. The quantitative estimate of drug-likeness (QED) is 0.897. The fraction of sp³-hybridized carbons (Fsp3) is 0.500. The molecule has 0 aliphatic carbocycles. The molecule has 1 aliphatic heterocycles. The number of urea groups is 1. The Morgan fingerprint density at radius 3 is 1.96 bits per heavy atom. The van der Waals surface area contributed by atoms with Gasteiger partial charge in [-0.15, -0.1) is 0 Å². The highest BCUT2D eigenvalue weighted by atomic mass is 19.4. The Labute approximate surface area is 138 Å². The van der Waals surface area contributed by atoms with Crippen molar-refractivity contribution in [1.82, 2.24) is 15.1 Å². The predicted octanol–water partition coefficient (Wildman–Crippen LogP) is 2.58. The van der Waals surface area contributed by atoms with Crippen LogP contribution in [0.2, 0.25) is 0 Å². The summed E-state index contributed by atoms with van der Waals surface area (Å²) >= 11 is 0. The molecule has 8 heteroatoms. The molecule has 0 aromatic heterocycles. The molecule has 1 N–H and O–H groups in total. The van der Waals surface area contributed by atoms with Crippen LogP contribution in [0.1, 0.15) is 29.8 Å². The first-order valence-electron chi connectivity index (χ1n) is 7.70. The van der Waals surface area contributed by atoms with Gasteiger partial charge >= 0.3 is 12.2 Å². The van der Waals surface area contributed by atoms with Crippen LogP contribution in [-0.2, 0) is 6.18 Å². The summed E-state index contributed by atoms with van der Waals surface area (Å²) in [5.74, 6) is -0.326. The third-order valence-electron chi connectivity index (χ3n) is 3.73. The Balaban J connectivity index is 1.94. The van der Waals surface area contributed by atoms with Crippen molar-refractivity contribution in [1.29, 1.82) is 0 Å². The lowest BCUT2D eigenvalue weighted by atomic mass is 10.1. The molecule has 1 aliphatic rings. The molecular formula is C16H20F3N3O2. The molecule has 1 saturated heterocycles. The van der Waals surface area contributed by atoms with Crippen molar-refractivity contribution >= 4 is 11.9 Å². The van der Waals surface area contributed by atoms with E-state index >= 15 is 0 Å². The van der Waals surface area contributed by atoms with Crippen molar-refractivity contribution in [3.8, 4) is 0 Å². The number of halogens is 3. The number of rotatable bonds is 2. The van der Waals surface area contributed by atoms with Gasteiger partial charge in [-0.05, 0) is 38.1 Å². The highest BCUT2D eigenvalue weighted by molar-refractivity contribution is 5.94. The number of hydrogen-bond donors (Lipinski definition) is 1. The number of benzene rings is 1. The summed E-state index contributed by atoms with van der Waals surface area (Å²) in [5, 5.41) is 2.79. The second-order valence-corrected chi connectivity index (χ2v) is 5.96. The Morgan fingerprint density at radius 1 is 1.00 bits per heavy atom. The Kier molecular flexibility index (Phi) is 5.36. The molecule has 2 rings (SSSR count). The lowest BCUT2D eigenvalue weighted by Crippen LogP contribution is -2.54. The van der Waals surface area contributed by atoms with E-state index in [1.807, 2.05) is 13.8 Å². The first-order valence-corrected chi connectivity index (χ1v) is 7.70. The minimum atomic E-state index is -4.42. The SMILES string of the molecule is CC(C)NC(=O)N1CCN(C(=O)c2ccc(C(F)(F)F)cc2)CC1. The molecule has 5 nitrogen and oxygen atoms in total. The van der Waals surface area contributed by atoms with Crippen LogP contribution in [0.25, 0.3) is 0 Å². The zero-order valence-electron chi connectivity index (χ0n) is 13.6. The minimum absolute atomic E-state index is 0.0318. The molecule has 1 aromatic carbocycles. The molecule has 0 atom stereocenters. The highest BCUT2D eigenvalue weighted by Crippen LogP contribution is 2.29. The van der Waals surface area contributed by atoms with Crippen molar-refractivity contribution in [3.05, 3.63) is 35.4 Å². The molecule has 0 saturated carbocycles. The normalized spacial score (nSPS) is 15.6. The van der Waals surface area contributed by atoms with E-state index in [9.17, 15) is 22.8 Å². The summed E-state index contributed by atoms with van der Waals surface area (Å²) < 4.78 is 37.6. The maximum Gasteiger partial charge on any atom is 0.416 e. The summed E-state index contributed by atoms with van der Waals surface area (Å²) in [7, 11) is 0. The molecule has 1 fully saturated rings. The van der Waals surface area contributed by atoms with Gasteiger partial charge in [0.2, 0.25) is 0 Å². The first kappa shape index (κ1) is 18.1. The van der Waals surface area contributed by atoms with Gasteiger partial charge in [-0.25, -0.2) is 4.79 Å². The van der Waals surface area contributed by atoms with Crippen LogP contribution in [0.15, 0.2) is 24.3 Å². The molecule has 24 heavy (non-hydrogen) atoms. The Morgan fingerprint density at radius 2 is 1.50 bits per heavy atom. The van der Waals surface area contributed by atoms with Gasteiger partial charge in [-0.2, -0.15) is 13.2 Å². The number of piperazine rings is 1. The zero-order valence-corrected chi connectivity index (χ0v) is 13.6. The molecule has 0 unspecified atom stereocenters. The second kappa shape index (κ2) is 7.11. The summed E-state index contributed by atoms with van der Waals surface area (Å²) in [6, 6.07) is 4.03. The average molecular weight is 343 g/mol. The van der Waals surface area contributed by atoms with E-state index in [-0.39, 0.29) is 23.5 Å². The smallest absolute Gasteiger partial charge is 0.336 e. The van der Waals surface area contributed by atoms with E-state index in [0.29, 0.717) is 26.2 Å². The van der Waals surface area contributed by atoms with E-state index in [1.165, 1.54) is 12.1 Å². The predicted molar refractivity (Wildman–Crippen MR) is 82.6 cm³/mol. The highest BCUT2D eigenvalue weighted by Gasteiger charge is 2.31. The molecule has 3 amide bonds.